The van der Waals surface area contributed by atoms with Gasteiger partial charge >= 0.3 is 0 Å². The molecule has 0 spiro atoms. The normalized spacial score (nSPS) is 20.5. The van der Waals surface area contributed by atoms with Gasteiger partial charge in [0.2, 0.25) is 5.95 Å². The SMILES string of the molecule is Cc1cc(NC2COC2)nc(NC2COC2)n1. The van der Waals surface area contributed by atoms with Crippen LogP contribution >= 0.6 is 0 Å². The van der Waals surface area contributed by atoms with Crippen LogP contribution in [0.25, 0.3) is 0 Å². The lowest BCUT2D eigenvalue weighted by Gasteiger charge is -2.28. The molecule has 3 rings (SSSR count). The lowest BCUT2D eigenvalue weighted by Crippen LogP contribution is -2.41. The molecule has 92 valence electrons. The van der Waals surface area contributed by atoms with Crippen LogP contribution in [0.5, 0.6) is 0 Å². The maximum absolute atomic E-state index is 5.12. The van der Waals surface area contributed by atoms with Gasteiger partial charge in [0.25, 0.3) is 0 Å². The van der Waals surface area contributed by atoms with Crippen LogP contribution in [0.1, 0.15) is 5.69 Å². The zero-order chi connectivity index (χ0) is 11.7. The molecule has 1 aromatic heterocycles. The standard InChI is InChI=1S/C11H16N4O2/c1-7-2-10(13-8-3-16-4-8)15-11(12-7)14-9-5-17-6-9/h2,8-9H,3-6H2,1H3,(H2,12,13,14,15). The highest BCUT2D eigenvalue weighted by atomic mass is 16.5. The molecule has 2 fully saturated rings. The smallest absolute Gasteiger partial charge is 0.225 e. The quantitative estimate of drug-likeness (QED) is 0.789. The summed E-state index contributed by atoms with van der Waals surface area (Å²) in [5.74, 6) is 1.52. The lowest BCUT2D eigenvalue weighted by atomic mass is 10.2. The van der Waals surface area contributed by atoms with Crippen molar-refractivity contribution in [3.8, 4) is 0 Å². The van der Waals surface area contributed by atoms with E-state index in [1.807, 2.05) is 13.0 Å². The number of hydrogen-bond donors (Lipinski definition) is 2. The van der Waals surface area contributed by atoms with Crippen LogP contribution in [-0.4, -0.2) is 48.5 Å². The van der Waals surface area contributed by atoms with E-state index in [1.54, 1.807) is 0 Å². The Morgan fingerprint density at radius 3 is 2.29 bits per heavy atom. The van der Waals surface area contributed by atoms with E-state index in [0.717, 1.165) is 37.9 Å². The fourth-order valence-electron chi connectivity index (χ4n) is 1.74. The van der Waals surface area contributed by atoms with Gasteiger partial charge in [-0.1, -0.05) is 0 Å². The van der Waals surface area contributed by atoms with Crippen LogP contribution in [0.2, 0.25) is 0 Å². The first-order valence-electron chi connectivity index (χ1n) is 5.84. The van der Waals surface area contributed by atoms with Crippen molar-refractivity contribution in [2.24, 2.45) is 0 Å². The summed E-state index contributed by atoms with van der Waals surface area (Å²) in [6.07, 6.45) is 0. The Morgan fingerprint density at radius 1 is 1.06 bits per heavy atom. The van der Waals surface area contributed by atoms with E-state index in [1.165, 1.54) is 0 Å². The third kappa shape index (κ3) is 2.48. The number of aryl methyl sites for hydroxylation is 1. The summed E-state index contributed by atoms with van der Waals surface area (Å²) in [5, 5.41) is 6.57. The van der Waals surface area contributed by atoms with E-state index in [4.69, 9.17) is 9.47 Å². The Morgan fingerprint density at radius 2 is 1.71 bits per heavy atom. The molecule has 17 heavy (non-hydrogen) atoms. The van der Waals surface area contributed by atoms with Gasteiger partial charge in [-0.15, -0.1) is 0 Å². The summed E-state index contributed by atoms with van der Waals surface area (Å²) < 4.78 is 10.2. The number of rotatable bonds is 4. The second-order valence-corrected chi connectivity index (χ2v) is 4.48. The monoisotopic (exact) mass is 236 g/mol. The van der Waals surface area contributed by atoms with Crippen molar-refractivity contribution in [3.63, 3.8) is 0 Å². The van der Waals surface area contributed by atoms with Crippen LogP contribution in [-0.2, 0) is 9.47 Å². The van der Waals surface area contributed by atoms with Gasteiger partial charge in [-0.2, -0.15) is 4.98 Å². The lowest BCUT2D eigenvalue weighted by molar-refractivity contribution is 0.0204. The second kappa shape index (κ2) is 4.46. The molecular formula is C11H16N4O2. The number of anilines is 2. The largest absolute Gasteiger partial charge is 0.377 e. The summed E-state index contributed by atoms with van der Waals surface area (Å²) in [4.78, 5) is 8.79. The fraction of sp³-hybridized carbons (Fsp3) is 0.636. The predicted octanol–water partition coefficient (Wildman–Crippen LogP) is 0.406. The van der Waals surface area contributed by atoms with Crippen molar-refractivity contribution < 1.29 is 9.47 Å². The van der Waals surface area contributed by atoms with Crippen molar-refractivity contribution >= 4 is 11.8 Å². The minimum atomic E-state index is 0.344. The van der Waals surface area contributed by atoms with Gasteiger partial charge < -0.3 is 20.1 Å². The molecule has 6 nitrogen and oxygen atoms in total. The summed E-state index contributed by atoms with van der Waals surface area (Å²) in [6.45, 7) is 4.93. The molecule has 0 atom stereocenters. The number of hydrogen-bond acceptors (Lipinski definition) is 6. The Hall–Kier alpha value is -1.40. The number of ether oxygens (including phenoxy) is 2. The molecule has 6 heteroatoms. The summed E-state index contributed by atoms with van der Waals surface area (Å²) >= 11 is 0. The maximum atomic E-state index is 5.12. The van der Waals surface area contributed by atoms with Gasteiger partial charge in [0, 0.05) is 11.8 Å². The average molecular weight is 236 g/mol. The number of nitrogens with zero attached hydrogens (tertiary/aromatic N) is 2. The van der Waals surface area contributed by atoms with E-state index in [9.17, 15) is 0 Å². The van der Waals surface area contributed by atoms with E-state index in [-0.39, 0.29) is 0 Å². The van der Waals surface area contributed by atoms with Crippen LogP contribution < -0.4 is 10.6 Å². The molecule has 0 unspecified atom stereocenters. The fourth-order valence-corrected chi connectivity index (χ4v) is 1.74. The first kappa shape index (κ1) is 10.7. The van der Waals surface area contributed by atoms with Crippen LogP contribution in [0.4, 0.5) is 11.8 Å². The molecule has 2 saturated heterocycles. The Bertz CT molecular complexity index is 370. The molecule has 3 heterocycles. The van der Waals surface area contributed by atoms with Crippen molar-refractivity contribution in [2.45, 2.75) is 19.0 Å². The minimum Gasteiger partial charge on any atom is -0.377 e. The van der Waals surface area contributed by atoms with E-state index >= 15 is 0 Å². The van der Waals surface area contributed by atoms with Crippen LogP contribution in [0.15, 0.2) is 6.07 Å². The van der Waals surface area contributed by atoms with Gasteiger partial charge in [0.15, 0.2) is 0 Å². The highest BCUT2D eigenvalue weighted by Crippen LogP contribution is 2.15. The molecule has 2 aliphatic rings. The van der Waals surface area contributed by atoms with Gasteiger partial charge in [-0.3, -0.25) is 0 Å². The highest BCUT2D eigenvalue weighted by Gasteiger charge is 2.21. The van der Waals surface area contributed by atoms with Crippen molar-refractivity contribution in [2.75, 3.05) is 37.1 Å². The molecule has 0 saturated carbocycles. The van der Waals surface area contributed by atoms with Crippen molar-refractivity contribution in [1.82, 2.24) is 9.97 Å². The van der Waals surface area contributed by atoms with Gasteiger partial charge in [0.05, 0.1) is 38.5 Å². The first-order chi connectivity index (χ1) is 8.29. The Kier molecular flexibility index (Phi) is 2.82. The zero-order valence-electron chi connectivity index (χ0n) is 9.77. The highest BCUT2D eigenvalue weighted by molar-refractivity contribution is 5.43. The molecule has 1 aromatic rings. The number of aromatic nitrogens is 2. The molecule has 2 N–H and O–H groups in total. The summed E-state index contributed by atoms with van der Waals surface area (Å²) in [5.41, 5.74) is 0.950. The van der Waals surface area contributed by atoms with E-state index < -0.39 is 0 Å². The predicted molar refractivity (Wildman–Crippen MR) is 63.2 cm³/mol. The summed E-state index contributed by atoms with van der Waals surface area (Å²) in [7, 11) is 0. The average Bonchev–Trinajstić information content (AvgIpc) is 2.17. The van der Waals surface area contributed by atoms with Crippen molar-refractivity contribution in [1.29, 1.82) is 0 Å². The zero-order valence-corrected chi connectivity index (χ0v) is 9.77. The molecular weight excluding hydrogens is 220 g/mol. The minimum absolute atomic E-state index is 0.344. The molecule has 0 bridgehead atoms. The van der Waals surface area contributed by atoms with Crippen LogP contribution in [0, 0.1) is 6.92 Å². The van der Waals surface area contributed by atoms with E-state index in [2.05, 4.69) is 20.6 Å². The van der Waals surface area contributed by atoms with Crippen molar-refractivity contribution in [3.05, 3.63) is 11.8 Å². The maximum Gasteiger partial charge on any atom is 0.225 e. The molecule has 0 radical (unpaired) electrons. The Labute approximate surface area is 99.7 Å². The van der Waals surface area contributed by atoms with Gasteiger partial charge in [0.1, 0.15) is 5.82 Å². The van der Waals surface area contributed by atoms with E-state index in [0.29, 0.717) is 18.0 Å². The third-order valence-corrected chi connectivity index (χ3v) is 2.82. The topological polar surface area (TPSA) is 68.3 Å². The molecule has 0 aromatic carbocycles. The third-order valence-electron chi connectivity index (χ3n) is 2.82. The number of nitrogens with one attached hydrogen (secondary N) is 2. The molecule has 0 amide bonds. The summed E-state index contributed by atoms with van der Waals surface area (Å²) in [6, 6.07) is 2.67. The second-order valence-electron chi connectivity index (χ2n) is 4.48. The Balaban J connectivity index is 1.68. The van der Waals surface area contributed by atoms with Gasteiger partial charge in [-0.05, 0) is 6.92 Å². The molecule has 2 aliphatic heterocycles. The van der Waals surface area contributed by atoms with Gasteiger partial charge in [-0.25, -0.2) is 4.98 Å². The molecule has 0 aliphatic carbocycles. The van der Waals surface area contributed by atoms with Crippen LogP contribution in [0.3, 0.4) is 0 Å². The first-order valence-corrected chi connectivity index (χ1v) is 5.84.